The first-order chi connectivity index (χ1) is 10.1. The van der Waals surface area contributed by atoms with Crippen molar-refractivity contribution in [2.24, 2.45) is 0 Å². The normalized spacial score (nSPS) is 10.4. The lowest BCUT2D eigenvalue weighted by atomic mass is 10.1. The predicted molar refractivity (Wildman–Crippen MR) is 84.5 cm³/mol. The van der Waals surface area contributed by atoms with E-state index < -0.39 is 0 Å². The monoisotopic (exact) mass is 286 g/mol. The molecule has 2 rings (SSSR count). The first-order valence-corrected chi connectivity index (χ1v) is 7.16. The van der Waals surface area contributed by atoms with E-state index in [1.165, 1.54) is 5.56 Å². The van der Waals surface area contributed by atoms with Crippen molar-refractivity contribution in [3.8, 4) is 0 Å². The Bertz CT molecular complexity index is 582. The van der Waals surface area contributed by atoms with E-state index in [9.17, 15) is 4.79 Å². The zero-order chi connectivity index (χ0) is 15.2. The van der Waals surface area contributed by atoms with Gasteiger partial charge < -0.3 is 10.6 Å². The second-order valence-corrected chi connectivity index (χ2v) is 5.28. The fourth-order valence-electron chi connectivity index (χ4n) is 2.41. The summed E-state index contributed by atoms with van der Waals surface area (Å²) in [7, 11) is 0. The van der Waals surface area contributed by atoms with Crippen LogP contribution in [0.3, 0.4) is 0 Å². The van der Waals surface area contributed by atoms with Gasteiger partial charge in [0, 0.05) is 31.2 Å². The number of nitrogens with one attached hydrogen (secondary N) is 2. The number of anilines is 1. The average Bonchev–Trinajstić information content (AvgIpc) is 2.92. The zero-order valence-corrected chi connectivity index (χ0v) is 12.8. The lowest BCUT2D eigenvalue weighted by Gasteiger charge is -2.13. The number of benzene rings is 1. The number of aryl methyl sites for hydroxylation is 4. The van der Waals surface area contributed by atoms with Crippen LogP contribution in [-0.4, -0.2) is 22.4 Å². The van der Waals surface area contributed by atoms with Gasteiger partial charge in [0.1, 0.15) is 0 Å². The third kappa shape index (κ3) is 4.34. The summed E-state index contributed by atoms with van der Waals surface area (Å²) >= 11 is 0. The number of carbonyl (C=O) groups is 1. The minimum atomic E-state index is -0.162. The van der Waals surface area contributed by atoms with Crippen LogP contribution in [-0.2, 0) is 6.54 Å². The Morgan fingerprint density at radius 2 is 1.95 bits per heavy atom. The SMILES string of the molecule is Cc1cc(C)c(NC(=O)NCCCn2cccn2)c(C)c1. The molecule has 112 valence electrons. The summed E-state index contributed by atoms with van der Waals surface area (Å²) < 4.78 is 1.86. The van der Waals surface area contributed by atoms with Gasteiger partial charge in [0.05, 0.1) is 0 Å². The molecule has 2 amide bonds. The van der Waals surface area contributed by atoms with Gasteiger partial charge in [-0.3, -0.25) is 4.68 Å². The number of hydrogen-bond donors (Lipinski definition) is 2. The second-order valence-electron chi connectivity index (χ2n) is 5.28. The molecule has 5 nitrogen and oxygen atoms in total. The maximum Gasteiger partial charge on any atom is 0.319 e. The fraction of sp³-hybridized carbons (Fsp3) is 0.375. The Balaban J connectivity index is 1.79. The maximum absolute atomic E-state index is 11.9. The van der Waals surface area contributed by atoms with E-state index in [1.54, 1.807) is 6.20 Å². The van der Waals surface area contributed by atoms with Gasteiger partial charge in [0.15, 0.2) is 0 Å². The van der Waals surface area contributed by atoms with Crippen molar-refractivity contribution in [2.45, 2.75) is 33.7 Å². The zero-order valence-electron chi connectivity index (χ0n) is 12.8. The van der Waals surface area contributed by atoms with E-state index in [0.717, 1.165) is 29.8 Å². The Hall–Kier alpha value is -2.30. The largest absolute Gasteiger partial charge is 0.338 e. The highest BCUT2D eigenvalue weighted by Crippen LogP contribution is 2.21. The lowest BCUT2D eigenvalue weighted by Crippen LogP contribution is -2.30. The minimum absolute atomic E-state index is 0.162. The average molecular weight is 286 g/mol. The number of carbonyl (C=O) groups excluding carboxylic acids is 1. The van der Waals surface area contributed by atoms with Crippen molar-refractivity contribution < 1.29 is 4.79 Å². The molecular weight excluding hydrogens is 264 g/mol. The molecule has 2 aromatic rings. The van der Waals surface area contributed by atoms with E-state index in [1.807, 2.05) is 30.8 Å². The molecule has 0 aliphatic heterocycles. The fourth-order valence-corrected chi connectivity index (χ4v) is 2.41. The number of urea groups is 1. The summed E-state index contributed by atoms with van der Waals surface area (Å²) in [6, 6.07) is 5.87. The molecule has 2 N–H and O–H groups in total. The number of nitrogens with zero attached hydrogens (tertiary/aromatic N) is 2. The molecule has 0 aliphatic carbocycles. The summed E-state index contributed by atoms with van der Waals surface area (Å²) in [5, 5.41) is 9.92. The van der Waals surface area contributed by atoms with Crippen LogP contribution in [0, 0.1) is 20.8 Å². The van der Waals surface area contributed by atoms with Gasteiger partial charge >= 0.3 is 6.03 Å². The summed E-state index contributed by atoms with van der Waals surface area (Å²) in [4.78, 5) is 11.9. The van der Waals surface area contributed by atoms with Gasteiger partial charge in [-0.05, 0) is 44.4 Å². The number of aromatic nitrogens is 2. The number of hydrogen-bond acceptors (Lipinski definition) is 2. The summed E-state index contributed by atoms with van der Waals surface area (Å²) in [6.07, 6.45) is 4.52. The highest BCUT2D eigenvalue weighted by atomic mass is 16.2. The molecule has 0 saturated heterocycles. The van der Waals surface area contributed by atoms with Gasteiger partial charge in [-0.25, -0.2) is 4.79 Å². The Labute approximate surface area is 125 Å². The summed E-state index contributed by atoms with van der Waals surface area (Å²) in [5.74, 6) is 0. The molecule has 1 aromatic heterocycles. The molecule has 0 aliphatic rings. The van der Waals surface area contributed by atoms with Gasteiger partial charge in [-0.2, -0.15) is 5.10 Å². The van der Waals surface area contributed by atoms with E-state index >= 15 is 0 Å². The number of amides is 2. The molecule has 1 heterocycles. The van der Waals surface area contributed by atoms with Gasteiger partial charge in [-0.15, -0.1) is 0 Å². The van der Waals surface area contributed by atoms with Crippen LogP contribution in [0.15, 0.2) is 30.6 Å². The van der Waals surface area contributed by atoms with Crippen molar-refractivity contribution in [1.82, 2.24) is 15.1 Å². The highest BCUT2D eigenvalue weighted by Gasteiger charge is 2.07. The minimum Gasteiger partial charge on any atom is -0.338 e. The van der Waals surface area contributed by atoms with E-state index in [2.05, 4.69) is 34.8 Å². The molecule has 5 heteroatoms. The van der Waals surface area contributed by atoms with Gasteiger partial charge in [-0.1, -0.05) is 17.7 Å². The molecule has 0 unspecified atom stereocenters. The first kappa shape index (κ1) is 15.1. The predicted octanol–water partition coefficient (Wildman–Crippen LogP) is 3.02. The van der Waals surface area contributed by atoms with Crippen molar-refractivity contribution >= 4 is 11.7 Å². The Kier molecular flexibility index (Phi) is 4.98. The topological polar surface area (TPSA) is 59.0 Å². The third-order valence-electron chi connectivity index (χ3n) is 3.32. The molecule has 21 heavy (non-hydrogen) atoms. The van der Waals surface area contributed by atoms with Crippen molar-refractivity contribution in [3.63, 3.8) is 0 Å². The van der Waals surface area contributed by atoms with E-state index in [4.69, 9.17) is 0 Å². The summed E-state index contributed by atoms with van der Waals surface area (Å²) in [6.45, 7) is 7.49. The van der Waals surface area contributed by atoms with Crippen molar-refractivity contribution in [1.29, 1.82) is 0 Å². The van der Waals surface area contributed by atoms with Crippen LogP contribution < -0.4 is 10.6 Å². The molecule has 0 spiro atoms. The van der Waals surface area contributed by atoms with Crippen molar-refractivity contribution in [3.05, 3.63) is 47.3 Å². The van der Waals surface area contributed by atoms with Crippen LogP contribution in [0.1, 0.15) is 23.1 Å². The van der Waals surface area contributed by atoms with E-state index in [0.29, 0.717) is 6.54 Å². The molecule has 1 aromatic carbocycles. The van der Waals surface area contributed by atoms with Gasteiger partial charge in [0.25, 0.3) is 0 Å². The molecule has 0 radical (unpaired) electrons. The standard InChI is InChI=1S/C16H22N4O/c1-12-10-13(2)15(14(3)11-12)19-16(21)17-6-4-8-20-9-5-7-18-20/h5,7,9-11H,4,6,8H2,1-3H3,(H2,17,19,21). The van der Waals surface area contributed by atoms with Crippen LogP contribution >= 0.6 is 0 Å². The maximum atomic E-state index is 11.9. The Morgan fingerprint density at radius 3 is 2.57 bits per heavy atom. The van der Waals surface area contributed by atoms with Crippen LogP contribution in [0.25, 0.3) is 0 Å². The number of rotatable bonds is 5. The van der Waals surface area contributed by atoms with Crippen LogP contribution in [0.2, 0.25) is 0 Å². The molecule has 0 fully saturated rings. The summed E-state index contributed by atoms with van der Waals surface area (Å²) in [5.41, 5.74) is 4.26. The van der Waals surface area contributed by atoms with Crippen LogP contribution in [0.5, 0.6) is 0 Å². The second kappa shape index (κ2) is 6.92. The molecule has 0 atom stereocenters. The molecule has 0 bridgehead atoms. The lowest BCUT2D eigenvalue weighted by molar-refractivity contribution is 0.251. The van der Waals surface area contributed by atoms with Crippen molar-refractivity contribution in [2.75, 3.05) is 11.9 Å². The first-order valence-electron chi connectivity index (χ1n) is 7.16. The molecular formula is C16H22N4O. The van der Waals surface area contributed by atoms with Crippen LogP contribution in [0.4, 0.5) is 10.5 Å². The quantitative estimate of drug-likeness (QED) is 0.830. The Morgan fingerprint density at radius 1 is 1.24 bits per heavy atom. The molecule has 0 saturated carbocycles. The van der Waals surface area contributed by atoms with Gasteiger partial charge in [0.2, 0.25) is 0 Å². The smallest absolute Gasteiger partial charge is 0.319 e. The third-order valence-corrected chi connectivity index (χ3v) is 3.32. The highest BCUT2D eigenvalue weighted by molar-refractivity contribution is 5.91. The van der Waals surface area contributed by atoms with E-state index in [-0.39, 0.29) is 6.03 Å².